The van der Waals surface area contributed by atoms with Crippen LogP contribution < -0.4 is 14.8 Å². The van der Waals surface area contributed by atoms with E-state index in [1.165, 1.54) is 14.2 Å². The molecule has 0 unspecified atom stereocenters. The van der Waals surface area contributed by atoms with Crippen molar-refractivity contribution in [3.63, 3.8) is 0 Å². The molecular formula is C15H17NO6. The van der Waals surface area contributed by atoms with Gasteiger partial charge in [0.1, 0.15) is 11.5 Å². The number of nitrogens with one attached hydrogen (secondary N) is 1. The Balaban J connectivity index is 2.31. The van der Waals surface area contributed by atoms with Gasteiger partial charge in [0.25, 0.3) is 0 Å². The van der Waals surface area contributed by atoms with Gasteiger partial charge in [0.2, 0.25) is 11.7 Å². The number of benzene rings is 1. The lowest BCUT2D eigenvalue weighted by molar-refractivity contribution is -0.139. The molecule has 1 aromatic rings. The fourth-order valence-corrected chi connectivity index (χ4v) is 1.93. The molecule has 0 atom stereocenters. The van der Waals surface area contributed by atoms with Crippen LogP contribution in [0.3, 0.4) is 0 Å². The summed E-state index contributed by atoms with van der Waals surface area (Å²) in [5.41, 5.74) is 0.436. The summed E-state index contributed by atoms with van der Waals surface area (Å²) in [4.78, 5) is 23.6. The van der Waals surface area contributed by atoms with Crippen LogP contribution >= 0.6 is 0 Å². The Morgan fingerprint density at radius 1 is 1.23 bits per heavy atom. The molecule has 0 fully saturated rings. The van der Waals surface area contributed by atoms with Gasteiger partial charge in [-0.25, -0.2) is 4.79 Å². The molecular weight excluding hydrogens is 290 g/mol. The molecule has 0 saturated carbocycles. The van der Waals surface area contributed by atoms with Gasteiger partial charge in [-0.05, 0) is 6.92 Å². The van der Waals surface area contributed by atoms with Crippen molar-refractivity contribution in [2.75, 3.05) is 32.8 Å². The molecule has 2 rings (SSSR count). The lowest BCUT2D eigenvalue weighted by Crippen LogP contribution is -2.16. The summed E-state index contributed by atoms with van der Waals surface area (Å²) in [5, 5.41) is 2.89. The molecule has 1 aliphatic heterocycles. The van der Waals surface area contributed by atoms with Gasteiger partial charge >= 0.3 is 5.97 Å². The van der Waals surface area contributed by atoms with Gasteiger partial charge in [0.15, 0.2) is 12.2 Å². The third kappa shape index (κ3) is 3.30. The van der Waals surface area contributed by atoms with E-state index < -0.39 is 11.8 Å². The smallest absolute Gasteiger partial charge is 0.347 e. The Morgan fingerprint density at radius 2 is 1.86 bits per heavy atom. The maximum atomic E-state index is 11.8. The Hall–Kier alpha value is -2.70. The topological polar surface area (TPSA) is 83.1 Å². The molecule has 0 aliphatic carbocycles. The van der Waals surface area contributed by atoms with Gasteiger partial charge in [-0.15, -0.1) is 0 Å². The average Bonchev–Trinajstić information content (AvgIpc) is 2.87. The SMILES string of the molecule is CCOC(=O)C1=C(Nc2cc(OC)cc(OC)c2)OCC1=O. The van der Waals surface area contributed by atoms with Gasteiger partial charge in [0.05, 0.1) is 20.8 Å². The highest BCUT2D eigenvalue weighted by atomic mass is 16.5. The standard InChI is InChI=1S/C15H17NO6/c1-4-21-15(18)13-12(17)8-22-14(13)16-9-5-10(19-2)7-11(6-9)20-3/h5-7,16H,4,8H2,1-3H3. The number of esters is 1. The van der Waals surface area contributed by atoms with Crippen molar-refractivity contribution < 1.29 is 28.5 Å². The number of methoxy groups -OCH3 is 2. The summed E-state index contributed by atoms with van der Waals surface area (Å²) in [5.74, 6) is 0.0610. The molecule has 7 heteroatoms. The van der Waals surface area contributed by atoms with Crippen LogP contribution in [0.4, 0.5) is 5.69 Å². The zero-order valence-electron chi connectivity index (χ0n) is 12.6. The minimum absolute atomic E-state index is 0.0683. The van der Waals surface area contributed by atoms with Gasteiger partial charge in [0, 0.05) is 23.9 Å². The van der Waals surface area contributed by atoms with E-state index in [-0.39, 0.29) is 24.7 Å². The van der Waals surface area contributed by atoms with E-state index in [1.807, 2.05) is 0 Å². The van der Waals surface area contributed by atoms with Crippen LogP contribution in [0.2, 0.25) is 0 Å². The Kier molecular flexibility index (Phi) is 4.88. The number of ether oxygens (including phenoxy) is 4. The first-order chi connectivity index (χ1) is 10.6. The van der Waals surface area contributed by atoms with Crippen molar-refractivity contribution in [3.05, 3.63) is 29.7 Å². The van der Waals surface area contributed by atoms with Crippen molar-refractivity contribution in [1.82, 2.24) is 0 Å². The summed E-state index contributed by atoms with van der Waals surface area (Å²) < 4.78 is 20.4. The van der Waals surface area contributed by atoms with Crippen molar-refractivity contribution in [1.29, 1.82) is 0 Å². The molecule has 0 aromatic heterocycles. The lowest BCUT2D eigenvalue weighted by atomic mass is 10.2. The molecule has 7 nitrogen and oxygen atoms in total. The van der Waals surface area contributed by atoms with Crippen LogP contribution in [-0.4, -0.2) is 39.2 Å². The molecule has 0 saturated heterocycles. The van der Waals surface area contributed by atoms with Crippen molar-refractivity contribution in [2.45, 2.75) is 6.92 Å². The minimum atomic E-state index is -0.706. The third-order valence-corrected chi connectivity index (χ3v) is 2.94. The van der Waals surface area contributed by atoms with Crippen LogP contribution in [0.1, 0.15) is 6.92 Å². The summed E-state index contributed by atoms with van der Waals surface area (Å²) in [6.45, 7) is 1.65. The van der Waals surface area contributed by atoms with Crippen LogP contribution in [0.25, 0.3) is 0 Å². The van der Waals surface area contributed by atoms with Crippen LogP contribution in [0.5, 0.6) is 11.5 Å². The zero-order chi connectivity index (χ0) is 16.1. The second-order valence-electron chi connectivity index (χ2n) is 4.36. The van der Waals surface area contributed by atoms with E-state index in [0.29, 0.717) is 17.2 Å². The van der Waals surface area contributed by atoms with Crippen LogP contribution in [-0.2, 0) is 19.1 Å². The van der Waals surface area contributed by atoms with E-state index in [2.05, 4.69) is 5.32 Å². The molecule has 0 amide bonds. The third-order valence-electron chi connectivity index (χ3n) is 2.94. The Morgan fingerprint density at radius 3 is 2.41 bits per heavy atom. The number of ketones is 1. The molecule has 1 heterocycles. The van der Waals surface area contributed by atoms with Gasteiger partial charge < -0.3 is 24.3 Å². The predicted octanol–water partition coefficient (Wildman–Crippen LogP) is 1.49. The molecule has 0 radical (unpaired) electrons. The van der Waals surface area contributed by atoms with E-state index in [9.17, 15) is 9.59 Å². The highest BCUT2D eigenvalue weighted by Gasteiger charge is 2.32. The molecule has 1 aliphatic rings. The van der Waals surface area contributed by atoms with E-state index in [1.54, 1.807) is 25.1 Å². The summed E-state index contributed by atoms with van der Waals surface area (Å²) in [6.07, 6.45) is 0. The zero-order valence-corrected chi connectivity index (χ0v) is 12.6. The van der Waals surface area contributed by atoms with Gasteiger partial charge in [-0.3, -0.25) is 4.79 Å². The molecule has 1 aromatic carbocycles. The Bertz CT molecular complexity index is 600. The number of carbonyl (C=O) groups excluding carboxylic acids is 2. The highest BCUT2D eigenvalue weighted by Crippen LogP contribution is 2.28. The predicted molar refractivity (Wildman–Crippen MR) is 77.8 cm³/mol. The van der Waals surface area contributed by atoms with Gasteiger partial charge in [-0.1, -0.05) is 0 Å². The average molecular weight is 307 g/mol. The van der Waals surface area contributed by atoms with Crippen LogP contribution in [0.15, 0.2) is 29.7 Å². The largest absolute Gasteiger partial charge is 0.497 e. The maximum absolute atomic E-state index is 11.8. The number of anilines is 1. The second-order valence-corrected chi connectivity index (χ2v) is 4.36. The first-order valence-corrected chi connectivity index (χ1v) is 6.66. The molecule has 0 bridgehead atoms. The van der Waals surface area contributed by atoms with Crippen molar-refractivity contribution >= 4 is 17.4 Å². The number of Topliss-reactive ketones (excluding diaryl/α,β-unsaturated/α-hetero) is 1. The monoisotopic (exact) mass is 307 g/mol. The number of rotatable bonds is 6. The fraction of sp³-hybridized carbons (Fsp3) is 0.333. The number of carbonyl (C=O) groups is 2. The molecule has 1 N–H and O–H groups in total. The highest BCUT2D eigenvalue weighted by molar-refractivity contribution is 6.19. The maximum Gasteiger partial charge on any atom is 0.347 e. The number of hydrogen-bond donors (Lipinski definition) is 1. The first-order valence-electron chi connectivity index (χ1n) is 6.66. The summed E-state index contributed by atoms with van der Waals surface area (Å²) >= 11 is 0. The van der Waals surface area contributed by atoms with E-state index in [4.69, 9.17) is 18.9 Å². The minimum Gasteiger partial charge on any atom is -0.497 e. The summed E-state index contributed by atoms with van der Waals surface area (Å²) in [7, 11) is 3.05. The van der Waals surface area contributed by atoms with E-state index in [0.717, 1.165) is 0 Å². The molecule has 0 spiro atoms. The van der Waals surface area contributed by atoms with Crippen molar-refractivity contribution in [3.8, 4) is 11.5 Å². The lowest BCUT2D eigenvalue weighted by Gasteiger charge is -2.11. The van der Waals surface area contributed by atoms with Gasteiger partial charge in [-0.2, -0.15) is 0 Å². The number of hydrogen-bond acceptors (Lipinski definition) is 7. The second kappa shape index (κ2) is 6.84. The van der Waals surface area contributed by atoms with Crippen LogP contribution in [0, 0.1) is 0 Å². The Labute approximate surface area is 127 Å². The fourth-order valence-electron chi connectivity index (χ4n) is 1.93. The van der Waals surface area contributed by atoms with Crippen molar-refractivity contribution in [2.24, 2.45) is 0 Å². The molecule has 118 valence electrons. The normalized spacial score (nSPS) is 13.7. The van der Waals surface area contributed by atoms with E-state index >= 15 is 0 Å². The summed E-state index contributed by atoms with van der Waals surface area (Å²) in [6, 6.07) is 5.07. The molecule has 22 heavy (non-hydrogen) atoms. The quantitative estimate of drug-likeness (QED) is 0.629. The first kappa shape index (κ1) is 15.7.